The topological polar surface area (TPSA) is 106 Å². The predicted molar refractivity (Wildman–Crippen MR) is 117 cm³/mol. The van der Waals surface area contributed by atoms with E-state index < -0.39 is 15.8 Å². The molecule has 8 nitrogen and oxygen atoms in total. The van der Waals surface area contributed by atoms with Gasteiger partial charge in [0.2, 0.25) is 0 Å². The molecule has 1 atom stereocenters. The van der Waals surface area contributed by atoms with Gasteiger partial charge in [0.05, 0.1) is 20.0 Å². The molecule has 0 spiro atoms. The van der Waals surface area contributed by atoms with Crippen molar-refractivity contribution in [3.63, 3.8) is 0 Å². The molecule has 1 unspecified atom stereocenters. The van der Waals surface area contributed by atoms with Crippen LogP contribution in [-0.4, -0.2) is 59.7 Å². The molecular formula is C17H28IN3O5S. The van der Waals surface area contributed by atoms with Gasteiger partial charge >= 0.3 is 5.97 Å². The molecule has 0 amide bonds. The lowest BCUT2D eigenvalue weighted by atomic mass is 10.1. The first-order chi connectivity index (χ1) is 12.2. The zero-order valence-electron chi connectivity index (χ0n) is 16.2. The number of carbonyl (C=O) groups is 1. The van der Waals surface area contributed by atoms with E-state index in [1.165, 1.54) is 20.5 Å². The third kappa shape index (κ3) is 9.27. The van der Waals surface area contributed by atoms with E-state index in [9.17, 15) is 13.2 Å². The minimum atomic E-state index is -3.00. The quantitative estimate of drug-likeness (QED) is 0.235. The summed E-state index contributed by atoms with van der Waals surface area (Å²) in [7, 11) is 1.44. The van der Waals surface area contributed by atoms with Crippen molar-refractivity contribution in [2.75, 3.05) is 33.3 Å². The molecule has 0 aliphatic carbocycles. The van der Waals surface area contributed by atoms with Crippen molar-refractivity contribution in [3.8, 4) is 5.75 Å². The molecule has 0 saturated carbocycles. The SMILES string of the molecule is CN=C(NCc1ccc(OC)c(C(=O)OC)c1)NC(C)CCS(C)(=O)=O.I. The first-order valence-corrected chi connectivity index (χ1v) is 10.2. The van der Waals surface area contributed by atoms with Crippen LogP contribution in [0.5, 0.6) is 5.75 Å². The van der Waals surface area contributed by atoms with Gasteiger partial charge in [0.25, 0.3) is 0 Å². The summed E-state index contributed by atoms with van der Waals surface area (Å²) in [6.45, 7) is 2.31. The van der Waals surface area contributed by atoms with E-state index in [1.54, 1.807) is 19.2 Å². The number of ether oxygens (including phenoxy) is 2. The van der Waals surface area contributed by atoms with Crippen molar-refractivity contribution in [2.24, 2.45) is 4.99 Å². The number of nitrogens with zero attached hydrogens (tertiary/aromatic N) is 1. The Bertz CT molecular complexity index is 753. The van der Waals surface area contributed by atoms with Gasteiger partial charge in [-0.25, -0.2) is 13.2 Å². The standard InChI is InChI=1S/C17H27N3O5S.HI/c1-12(8-9-26(5,22)23)20-17(18-2)19-11-13-6-7-15(24-3)14(10-13)16(21)25-4;/h6-7,10,12H,8-9,11H2,1-5H3,(H2,18,19,20);1H. The summed E-state index contributed by atoms with van der Waals surface area (Å²) in [5.74, 6) is 0.624. The number of nitrogens with one attached hydrogen (secondary N) is 2. The second-order valence-electron chi connectivity index (χ2n) is 5.92. The summed E-state index contributed by atoms with van der Waals surface area (Å²) in [6.07, 6.45) is 1.70. The summed E-state index contributed by atoms with van der Waals surface area (Å²) >= 11 is 0. The van der Waals surface area contributed by atoms with Crippen molar-refractivity contribution >= 4 is 45.7 Å². The summed E-state index contributed by atoms with van der Waals surface area (Å²) in [6, 6.07) is 5.17. The Hall–Kier alpha value is -1.56. The predicted octanol–water partition coefficient (Wildman–Crippen LogP) is 1.59. The average molecular weight is 513 g/mol. The Morgan fingerprint density at radius 1 is 1.30 bits per heavy atom. The number of halogens is 1. The Balaban J connectivity index is 0.00000676. The van der Waals surface area contributed by atoms with E-state index in [-0.39, 0.29) is 35.8 Å². The Kier molecular flexibility index (Phi) is 11.3. The second kappa shape index (κ2) is 12.0. The molecule has 0 bridgehead atoms. The van der Waals surface area contributed by atoms with Crippen molar-refractivity contribution in [3.05, 3.63) is 29.3 Å². The van der Waals surface area contributed by atoms with E-state index in [2.05, 4.69) is 15.6 Å². The molecule has 0 aliphatic rings. The Morgan fingerprint density at radius 2 is 1.96 bits per heavy atom. The smallest absolute Gasteiger partial charge is 0.341 e. The van der Waals surface area contributed by atoms with E-state index in [4.69, 9.17) is 9.47 Å². The fourth-order valence-corrected chi connectivity index (χ4v) is 2.99. The maximum absolute atomic E-state index is 11.8. The van der Waals surface area contributed by atoms with Crippen LogP contribution in [-0.2, 0) is 21.1 Å². The first-order valence-electron chi connectivity index (χ1n) is 8.10. The Labute approximate surface area is 178 Å². The third-order valence-corrected chi connectivity index (χ3v) is 4.63. The zero-order chi connectivity index (χ0) is 19.7. The molecule has 27 heavy (non-hydrogen) atoms. The van der Waals surface area contributed by atoms with Gasteiger partial charge in [0, 0.05) is 25.9 Å². The number of hydrogen-bond donors (Lipinski definition) is 2. The lowest BCUT2D eigenvalue weighted by Gasteiger charge is -2.18. The highest BCUT2D eigenvalue weighted by Crippen LogP contribution is 2.20. The van der Waals surface area contributed by atoms with Crippen LogP contribution in [0.1, 0.15) is 29.3 Å². The third-order valence-electron chi connectivity index (χ3n) is 3.66. The molecular weight excluding hydrogens is 485 g/mol. The molecule has 0 saturated heterocycles. The van der Waals surface area contributed by atoms with Gasteiger partial charge in [-0.15, -0.1) is 24.0 Å². The van der Waals surface area contributed by atoms with Crippen molar-refractivity contribution < 1.29 is 22.7 Å². The van der Waals surface area contributed by atoms with Crippen LogP contribution in [0.2, 0.25) is 0 Å². The Morgan fingerprint density at radius 3 is 2.48 bits per heavy atom. The molecule has 0 fully saturated rings. The number of benzene rings is 1. The summed E-state index contributed by atoms with van der Waals surface area (Å²) < 4.78 is 32.4. The largest absolute Gasteiger partial charge is 0.496 e. The van der Waals surface area contributed by atoms with Crippen LogP contribution in [0, 0.1) is 0 Å². The van der Waals surface area contributed by atoms with Crippen molar-refractivity contribution in [1.82, 2.24) is 10.6 Å². The normalized spacial score (nSPS) is 12.6. The van der Waals surface area contributed by atoms with E-state index in [0.29, 0.717) is 30.2 Å². The highest BCUT2D eigenvalue weighted by Gasteiger charge is 2.14. The van der Waals surface area contributed by atoms with Crippen LogP contribution < -0.4 is 15.4 Å². The summed E-state index contributed by atoms with van der Waals surface area (Å²) in [5, 5.41) is 6.27. The number of rotatable bonds is 8. The number of guanidine groups is 1. The minimum Gasteiger partial charge on any atom is -0.496 e. The number of esters is 1. The van der Waals surface area contributed by atoms with Gasteiger partial charge in [0.1, 0.15) is 21.2 Å². The lowest BCUT2D eigenvalue weighted by molar-refractivity contribution is 0.0597. The van der Waals surface area contributed by atoms with Gasteiger partial charge < -0.3 is 20.1 Å². The molecule has 0 aromatic heterocycles. The lowest BCUT2D eigenvalue weighted by Crippen LogP contribution is -2.42. The van der Waals surface area contributed by atoms with Gasteiger partial charge in [-0.1, -0.05) is 6.07 Å². The fraction of sp³-hybridized carbons (Fsp3) is 0.529. The summed E-state index contributed by atoms with van der Waals surface area (Å²) in [4.78, 5) is 16.0. The first kappa shape index (κ1) is 25.4. The van der Waals surface area contributed by atoms with E-state index in [1.807, 2.05) is 13.0 Å². The van der Waals surface area contributed by atoms with Gasteiger partial charge in [-0.05, 0) is 31.0 Å². The maximum atomic E-state index is 11.8. The molecule has 10 heteroatoms. The van der Waals surface area contributed by atoms with Gasteiger partial charge in [-0.3, -0.25) is 4.99 Å². The molecule has 1 aromatic rings. The number of hydrogen-bond acceptors (Lipinski definition) is 6. The molecule has 1 rings (SSSR count). The molecule has 1 aromatic carbocycles. The van der Waals surface area contributed by atoms with E-state index in [0.717, 1.165) is 5.56 Å². The molecule has 154 valence electrons. The molecule has 0 radical (unpaired) electrons. The zero-order valence-corrected chi connectivity index (χ0v) is 19.4. The average Bonchev–Trinajstić information content (AvgIpc) is 2.61. The van der Waals surface area contributed by atoms with E-state index >= 15 is 0 Å². The number of sulfone groups is 1. The molecule has 0 aliphatic heterocycles. The van der Waals surface area contributed by atoms with Crippen molar-refractivity contribution in [1.29, 1.82) is 0 Å². The number of carbonyl (C=O) groups excluding carboxylic acids is 1. The van der Waals surface area contributed by atoms with Gasteiger partial charge in [-0.2, -0.15) is 0 Å². The molecule has 2 N–H and O–H groups in total. The highest BCUT2D eigenvalue weighted by atomic mass is 127. The number of aliphatic imine (C=N–C) groups is 1. The second-order valence-corrected chi connectivity index (χ2v) is 8.18. The monoisotopic (exact) mass is 513 g/mol. The van der Waals surface area contributed by atoms with Crippen LogP contribution in [0.15, 0.2) is 23.2 Å². The highest BCUT2D eigenvalue weighted by molar-refractivity contribution is 14.0. The molecule has 0 heterocycles. The summed E-state index contributed by atoms with van der Waals surface area (Å²) in [5.41, 5.74) is 1.19. The van der Waals surface area contributed by atoms with Crippen LogP contribution in [0.25, 0.3) is 0 Å². The maximum Gasteiger partial charge on any atom is 0.341 e. The van der Waals surface area contributed by atoms with Crippen LogP contribution in [0.4, 0.5) is 0 Å². The van der Waals surface area contributed by atoms with Gasteiger partial charge in [0.15, 0.2) is 5.96 Å². The van der Waals surface area contributed by atoms with Crippen LogP contribution >= 0.6 is 24.0 Å². The van der Waals surface area contributed by atoms with Crippen molar-refractivity contribution in [2.45, 2.75) is 25.9 Å². The fourth-order valence-electron chi connectivity index (χ4n) is 2.21. The van der Waals surface area contributed by atoms with Crippen LogP contribution in [0.3, 0.4) is 0 Å². The minimum absolute atomic E-state index is 0. The number of methoxy groups -OCH3 is 2.